The summed E-state index contributed by atoms with van der Waals surface area (Å²) in [5, 5.41) is 16.6. The number of alkyl halides is 3. The Kier molecular flexibility index (Phi) is 8.61. The van der Waals surface area contributed by atoms with E-state index in [0.717, 1.165) is 6.20 Å². The minimum Gasteiger partial charge on any atom is -0.489 e. The van der Waals surface area contributed by atoms with Gasteiger partial charge in [0.15, 0.2) is 0 Å². The van der Waals surface area contributed by atoms with Crippen molar-refractivity contribution in [1.29, 1.82) is 10.7 Å². The van der Waals surface area contributed by atoms with Crippen LogP contribution in [0.3, 0.4) is 0 Å². The SMILES string of the molecule is N#Cc1cnc(N2CCN(C(=O)c3cc(OCC4c5ccccc5CN4/C(C=N)=C(/C(N)=O)C(F)(F)F)cnc3F)CC2)nc1. The average molecular weight is 624 g/mol. The largest absolute Gasteiger partial charge is 0.489 e. The van der Waals surface area contributed by atoms with Crippen molar-refractivity contribution < 1.29 is 31.9 Å². The molecular formula is C29H25F4N9O3. The number of nitrogens with two attached hydrogens (primary N) is 1. The fourth-order valence-electron chi connectivity index (χ4n) is 5.26. The number of carbonyl (C=O) groups excluding carboxylic acids is 2. The van der Waals surface area contributed by atoms with Crippen LogP contribution in [0.2, 0.25) is 0 Å². The van der Waals surface area contributed by atoms with E-state index in [1.54, 1.807) is 24.3 Å². The molecule has 16 heteroatoms. The lowest BCUT2D eigenvalue weighted by molar-refractivity contribution is -0.128. The Labute approximate surface area is 253 Å². The van der Waals surface area contributed by atoms with Crippen LogP contribution >= 0.6 is 0 Å². The normalized spacial score (nSPS) is 16.9. The standard InChI is InChI=1S/C29H25F4N9O3/c30-25-21(27(44)40-5-7-41(8-6-40)28-38-12-17(10-34)13-39-28)9-19(14-37-25)45-16-23-20-4-2-1-3-18(20)15-42(23)22(11-35)24(26(36)43)29(31,32)33/h1-4,9,11-14,23,35H,5-8,15-16H2,(H2,36,43)/b24-22-,35-11?. The molecule has 3 aromatic rings. The number of ether oxygens (including phenoxy) is 1. The van der Waals surface area contributed by atoms with Gasteiger partial charge in [0.05, 0.1) is 41.5 Å². The van der Waals surface area contributed by atoms with Gasteiger partial charge in [-0.15, -0.1) is 0 Å². The molecule has 45 heavy (non-hydrogen) atoms. The monoisotopic (exact) mass is 623 g/mol. The summed E-state index contributed by atoms with van der Waals surface area (Å²) in [6.45, 7) is 0.804. The second-order valence-electron chi connectivity index (χ2n) is 10.1. The number of rotatable bonds is 8. The fourth-order valence-corrected chi connectivity index (χ4v) is 5.26. The summed E-state index contributed by atoms with van der Waals surface area (Å²) < 4.78 is 62.0. The van der Waals surface area contributed by atoms with Crippen LogP contribution in [0.25, 0.3) is 0 Å². The molecule has 2 aliphatic heterocycles. The number of piperazine rings is 1. The van der Waals surface area contributed by atoms with Crippen molar-refractivity contribution in [2.45, 2.75) is 18.8 Å². The van der Waals surface area contributed by atoms with E-state index in [0.29, 0.717) is 41.9 Å². The molecule has 0 radical (unpaired) electrons. The van der Waals surface area contributed by atoms with Crippen LogP contribution in [0.5, 0.6) is 5.75 Å². The highest BCUT2D eigenvalue weighted by molar-refractivity contribution is 5.99. The number of benzene rings is 1. The number of carbonyl (C=O) groups is 2. The highest BCUT2D eigenvalue weighted by atomic mass is 19.4. The fraction of sp³-hybridized carbons (Fsp3) is 0.276. The third-order valence-corrected chi connectivity index (χ3v) is 7.43. The summed E-state index contributed by atoms with van der Waals surface area (Å²) in [4.78, 5) is 41.5. The average Bonchev–Trinajstić information content (AvgIpc) is 3.40. The number of halogens is 4. The van der Waals surface area contributed by atoms with Gasteiger partial charge >= 0.3 is 6.18 Å². The number of aromatic nitrogens is 3. The van der Waals surface area contributed by atoms with Gasteiger partial charge in [0.25, 0.3) is 11.8 Å². The molecule has 1 fully saturated rings. The number of pyridine rings is 1. The minimum absolute atomic E-state index is 0.0139. The maximum Gasteiger partial charge on any atom is 0.423 e. The van der Waals surface area contributed by atoms with Crippen molar-refractivity contribution in [3.05, 3.63) is 88.4 Å². The van der Waals surface area contributed by atoms with Gasteiger partial charge in [0.2, 0.25) is 11.9 Å². The molecule has 0 spiro atoms. The van der Waals surface area contributed by atoms with Gasteiger partial charge in [0.1, 0.15) is 24.0 Å². The summed E-state index contributed by atoms with van der Waals surface area (Å²) in [7, 11) is 0. The number of allylic oxidation sites excluding steroid dienone is 1. The summed E-state index contributed by atoms with van der Waals surface area (Å²) in [6.07, 6.45) is -0.850. The van der Waals surface area contributed by atoms with E-state index in [9.17, 15) is 27.2 Å². The van der Waals surface area contributed by atoms with E-state index in [1.165, 1.54) is 28.3 Å². The molecule has 3 N–H and O–H groups in total. The molecule has 0 saturated carbocycles. The number of hydrogen-bond donors (Lipinski definition) is 2. The highest BCUT2D eigenvalue weighted by Gasteiger charge is 2.44. The predicted molar refractivity (Wildman–Crippen MR) is 150 cm³/mol. The van der Waals surface area contributed by atoms with Crippen LogP contribution in [0.4, 0.5) is 23.5 Å². The predicted octanol–water partition coefficient (Wildman–Crippen LogP) is 2.73. The topological polar surface area (TPSA) is 165 Å². The van der Waals surface area contributed by atoms with Crippen molar-refractivity contribution in [2.75, 3.05) is 37.7 Å². The van der Waals surface area contributed by atoms with Gasteiger partial charge in [-0.05, 0) is 17.2 Å². The van der Waals surface area contributed by atoms with Gasteiger partial charge in [-0.1, -0.05) is 24.3 Å². The smallest absolute Gasteiger partial charge is 0.423 e. The number of anilines is 1. The van der Waals surface area contributed by atoms with E-state index >= 15 is 0 Å². The molecule has 1 saturated heterocycles. The Morgan fingerprint density at radius 3 is 2.42 bits per heavy atom. The number of amides is 2. The molecule has 0 aliphatic carbocycles. The minimum atomic E-state index is -5.12. The second-order valence-corrected chi connectivity index (χ2v) is 10.1. The third-order valence-electron chi connectivity index (χ3n) is 7.43. The Morgan fingerprint density at radius 1 is 1.11 bits per heavy atom. The van der Waals surface area contributed by atoms with Gasteiger partial charge in [-0.2, -0.15) is 22.8 Å². The lowest BCUT2D eigenvalue weighted by Crippen LogP contribution is -2.49. The molecule has 0 bridgehead atoms. The van der Waals surface area contributed by atoms with Crippen LogP contribution in [-0.2, 0) is 11.3 Å². The molecule has 1 aromatic carbocycles. The van der Waals surface area contributed by atoms with Gasteiger partial charge < -0.3 is 30.6 Å². The maximum atomic E-state index is 14.8. The molecular weight excluding hydrogens is 598 g/mol. The van der Waals surface area contributed by atoms with Crippen molar-refractivity contribution in [3.63, 3.8) is 0 Å². The molecule has 2 aliphatic rings. The molecule has 5 rings (SSSR count). The van der Waals surface area contributed by atoms with Crippen LogP contribution in [0.1, 0.15) is 33.1 Å². The lowest BCUT2D eigenvalue weighted by Gasteiger charge is -2.34. The molecule has 232 valence electrons. The quantitative estimate of drug-likeness (QED) is 0.166. The number of nitriles is 1. The summed E-state index contributed by atoms with van der Waals surface area (Å²) in [5.41, 5.74) is 3.88. The number of fused-ring (bicyclic) bond motifs is 1. The Bertz CT molecular complexity index is 1700. The molecule has 4 heterocycles. The number of hydrogen-bond acceptors (Lipinski definition) is 10. The molecule has 1 atom stereocenters. The van der Waals surface area contributed by atoms with E-state index in [1.807, 2.05) is 11.0 Å². The zero-order chi connectivity index (χ0) is 32.3. The van der Waals surface area contributed by atoms with Crippen LogP contribution < -0.4 is 15.4 Å². The first-order valence-electron chi connectivity index (χ1n) is 13.5. The summed E-state index contributed by atoms with van der Waals surface area (Å²) in [6, 6.07) is 8.99. The Morgan fingerprint density at radius 2 is 1.80 bits per heavy atom. The maximum absolute atomic E-state index is 14.8. The first-order chi connectivity index (χ1) is 21.5. The Balaban J connectivity index is 1.33. The highest BCUT2D eigenvalue weighted by Crippen LogP contribution is 2.39. The van der Waals surface area contributed by atoms with Gasteiger partial charge in [-0.3, -0.25) is 9.59 Å². The lowest BCUT2D eigenvalue weighted by atomic mass is 10.1. The third kappa shape index (κ3) is 6.37. The van der Waals surface area contributed by atoms with Crippen molar-refractivity contribution in [3.8, 4) is 11.8 Å². The summed E-state index contributed by atoms with van der Waals surface area (Å²) in [5.74, 6) is -3.01. The molecule has 12 nitrogen and oxygen atoms in total. The first kappa shape index (κ1) is 30.9. The van der Waals surface area contributed by atoms with E-state index < -0.39 is 41.3 Å². The number of nitrogens with zero attached hydrogens (tertiary/aromatic N) is 7. The van der Waals surface area contributed by atoms with Crippen molar-refractivity contribution in [1.82, 2.24) is 24.8 Å². The van der Waals surface area contributed by atoms with Crippen molar-refractivity contribution >= 4 is 24.0 Å². The molecule has 1 unspecified atom stereocenters. The van der Waals surface area contributed by atoms with Crippen LogP contribution in [-0.4, -0.2) is 81.7 Å². The van der Waals surface area contributed by atoms with E-state index in [2.05, 4.69) is 15.0 Å². The Hall–Kier alpha value is -5.59. The zero-order valence-corrected chi connectivity index (χ0v) is 23.5. The van der Waals surface area contributed by atoms with Gasteiger partial charge in [-0.25, -0.2) is 15.0 Å². The first-order valence-corrected chi connectivity index (χ1v) is 13.5. The summed E-state index contributed by atoms with van der Waals surface area (Å²) >= 11 is 0. The number of primary amides is 1. The van der Waals surface area contributed by atoms with E-state index in [-0.39, 0.29) is 37.6 Å². The zero-order valence-electron chi connectivity index (χ0n) is 23.5. The van der Waals surface area contributed by atoms with Crippen LogP contribution in [0, 0.1) is 22.7 Å². The van der Waals surface area contributed by atoms with Crippen LogP contribution in [0.15, 0.2) is 60.2 Å². The van der Waals surface area contributed by atoms with E-state index in [4.69, 9.17) is 21.1 Å². The number of nitrogens with one attached hydrogen (secondary N) is 1. The molecule has 2 aromatic heterocycles. The van der Waals surface area contributed by atoms with Crippen molar-refractivity contribution in [2.24, 2.45) is 5.73 Å². The molecule has 2 amide bonds. The second kappa shape index (κ2) is 12.6. The van der Waals surface area contributed by atoms with Gasteiger partial charge in [0, 0.05) is 38.9 Å².